The molecule has 2 saturated heterocycles. The summed E-state index contributed by atoms with van der Waals surface area (Å²) in [6, 6.07) is 4.78. The molecule has 0 aliphatic carbocycles. The predicted octanol–water partition coefficient (Wildman–Crippen LogP) is 1.99. The predicted molar refractivity (Wildman–Crippen MR) is 114 cm³/mol. The minimum Gasteiger partial charge on any atom is -0.323 e. The second kappa shape index (κ2) is 8.87. The Morgan fingerprint density at radius 2 is 1.81 bits per heavy atom. The van der Waals surface area contributed by atoms with E-state index in [1.807, 2.05) is 0 Å². The third-order valence-corrected chi connectivity index (χ3v) is 7.66. The van der Waals surface area contributed by atoms with Crippen LogP contribution in [-0.2, 0) is 14.6 Å². The van der Waals surface area contributed by atoms with Crippen LogP contribution in [-0.4, -0.2) is 76.7 Å². The van der Waals surface area contributed by atoms with Gasteiger partial charge in [-0.05, 0) is 43.5 Å². The zero-order valence-electron chi connectivity index (χ0n) is 16.7. The van der Waals surface area contributed by atoms with Gasteiger partial charge < -0.3 is 9.80 Å². The number of hydrogen-bond acceptors (Lipinski definition) is 7. The van der Waals surface area contributed by atoms with Crippen LogP contribution in [0.25, 0.3) is 11.4 Å². The van der Waals surface area contributed by atoms with Crippen molar-refractivity contribution in [3.8, 4) is 11.4 Å². The third kappa shape index (κ3) is 5.01. The lowest BCUT2D eigenvalue weighted by atomic mass is 10.0. The largest absolute Gasteiger partial charge is 0.323 e. The molecule has 3 heterocycles. The van der Waals surface area contributed by atoms with Crippen molar-refractivity contribution in [2.75, 3.05) is 36.5 Å². The molecule has 0 spiro atoms. The Hall–Kier alpha value is -2.60. The van der Waals surface area contributed by atoms with Crippen LogP contribution in [0, 0.1) is 5.82 Å². The molecule has 166 valence electrons. The van der Waals surface area contributed by atoms with Gasteiger partial charge in [0.2, 0.25) is 11.0 Å². The Morgan fingerprint density at radius 1 is 1.10 bits per heavy atom. The van der Waals surface area contributed by atoms with Gasteiger partial charge in [0.05, 0.1) is 11.5 Å². The number of urea groups is 1. The number of benzene rings is 1. The number of anilines is 1. The molecule has 2 aromatic rings. The molecule has 3 amide bonds. The zero-order valence-corrected chi connectivity index (χ0v) is 18.3. The van der Waals surface area contributed by atoms with Crippen molar-refractivity contribution in [1.29, 1.82) is 0 Å². The standard InChI is InChI=1S/C19H22FN5O4S2/c20-14-6-4-13(5-7-14)16-21-18(30-23-16)22-17(26)15-3-1-2-8-25(15)19(27)24-9-11-31(28,29)12-10-24/h4-7,15H,1-3,8-12H2,(H,21,22,23,26)/t15-/m0/s1. The molecular weight excluding hydrogens is 445 g/mol. The van der Waals surface area contributed by atoms with Gasteiger partial charge in [0.25, 0.3) is 0 Å². The monoisotopic (exact) mass is 467 g/mol. The van der Waals surface area contributed by atoms with E-state index in [2.05, 4.69) is 14.7 Å². The highest BCUT2D eigenvalue weighted by atomic mass is 32.2. The van der Waals surface area contributed by atoms with Gasteiger partial charge in [0.15, 0.2) is 15.7 Å². The lowest BCUT2D eigenvalue weighted by molar-refractivity contribution is -0.121. The number of piperidine rings is 1. The molecule has 2 aliphatic rings. The van der Waals surface area contributed by atoms with Gasteiger partial charge in [-0.3, -0.25) is 10.1 Å². The summed E-state index contributed by atoms with van der Waals surface area (Å²) in [4.78, 5) is 33.2. The maximum absolute atomic E-state index is 13.1. The van der Waals surface area contributed by atoms with Crippen molar-refractivity contribution in [2.24, 2.45) is 0 Å². The lowest BCUT2D eigenvalue weighted by Gasteiger charge is -2.39. The fourth-order valence-corrected chi connectivity index (χ4v) is 5.49. The number of likely N-dealkylation sites (tertiary alicyclic amines) is 1. The van der Waals surface area contributed by atoms with E-state index in [-0.39, 0.29) is 42.4 Å². The highest BCUT2D eigenvalue weighted by molar-refractivity contribution is 7.91. The van der Waals surface area contributed by atoms with E-state index in [4.69, 9.17) is 0 Å². The average Bonchev–Trinajstić information content (AvgIpc) is 3.22. The van der Waals surface area contributed by atoms with Crippen LogP contribution in [0.15, 0.2) is 24.3 Å². The summed E-state index contributed by atoms with van der Waals surface area (Å²) in [6.07, 6.45) is 2.12. The van der Waals surface area contributed by atoms with Crippen LogP contribution in [0.3, 0.4) is 0 Å². The summed E-state index contributed by atoms with van der Waals surface area (Å²) in [6.45, 7) is 0.726. The molecule has 1 aromatic carbocycles. The fraction of sp³-hybridized carbons (Fsp3) is 0.474. The van der Waals surface area contributed by atoms with Crippen molar-refractivity contribution in [1.82, 2.24) is 19.2 Å². The second-order valence-corrected chi connectivity index (χ2v) is 10.6. The van der Waals surface area contributed by atoms with Gasteiger partial charge in [-0.25, -0.2) is 17.6 Å². The first-order chi connectivity index (χ1) is 14.8. The van der Waals surface area contributed by atoms with Crippen LogP contribution in [0.1, 0.15) is 19.3 Å². The van der Waals surface area contributed by atoms with Crippen molar-refractivity contribution in [3.05, 3.63) is 30.1 Å². The number of aromatic nitrogens is 2. The zero-order chi connectivity index (χ0) is 22.0. The Labute approximate surface area is 183 Å². The Bertz CT molecular complexity index is 1060. The SMILES string of the molecule is O=C(Nc1nc(-c2ccc(F)cc2)ns1)[C@@H]1CCCCN1C(=O)N1CCS(=O)(=O)CC1. The number of nitrogens with one attached hydrogen (secondary N) is 1. The maximum atomic E-state index is 13.1. The molecule has 0 bridgehead atoms. The second-order valence-electron chi connectivity index (χ2n) is 7.55. The molecule has 9 nitrogen and oxygen atoms in total. The number of nitrogens with zero attached hydrogens (tertiary/aromatic N) is 4. The number of hydrogen-bond donors (Lipinski definition) is 1. The normalized spacial score (nSPS) is 21.0. The molecule has 1 aromatic heterocycles. The van der Waals surface area contributed by atoms with E-state index in [1.165, 1.54) is 21.9 Å². The Balaban J connectivity index is 1.43. The average molecular weight is 468 g/mol. The third-order valence-electron chi connectivity index (χ3n) is 5.42. The van der Waals surface area contributed by atoms with Crippen molar-refractivity contribution < 1.29 is 22.4 Å². The Morgan fingerprint density at radius 3 is 2.52 bits per heavy atom. The van der Waals surface area contributed by atoms with Crippen LogP contribution in [0.5, 0.6) is 0 Å². The molecule has 1 N–H and O–H groups in total. The van der Waals surface area contributed by atoms with E-state index >= 15 is 0 Å². The van der Waals surface area contributed by atoms with Crippen molar-refractivity contribution in [3.63, 3.8) is 0 Å². The number of halogens is 1. The fourth-order valence-electron chi connectivity index (χ4n) is 3.70. The molecule has 4 rings (SSSR count). The van der Waals surface area contributed by atoms with E-state index in [1.54, 1.807) is 12.1 Å². The molecule has 1 atom stereocenters. The molecule has 12 heteroatoms. The van der Waals surface area contributed by atoms with Gasteiger partial charge in [-0.15, -0.1) is 0 Å². The Kier molecular flexibility index (Phi) is 6.19. The van der Waals surface area contributed by atoms with Gasteiger partial charge in [-0.2, -0.15) is 9.36 Å². The number of rotatable bonds is 3. The molecule has 2 aliphatic heterocycles. The number of sulfone groups is 1. The maximum Gasteiger partial charge on any atom is 0.320 e. The van der Waals surface area contributed by atoms with E-state index < -0.39 is 15.9 Å². The topological polar surface area (TPSA) is 113 Å². The van der Waals surface area contributed by atoms with Crippen LogP contribution < -0.4 is 5.32 Å². The summed E-state index contributed by atoms with van der Waals surface area (Å²) >= 11 is 1.01. The van der Waals surface area contributed by atoms with Crippen molar-refractivity contribution in [2.45, 2.75) is 25.3 Å². The van der Waals surface area contributed by atoms with Gasteiger partial charge in [-0.1, -0.05) is 0 Å². The summed E-state index contributed by atoms with van der Waals surface area (Å²) in [5.41, 5.74) is 0.632. The molecular formula is C19H22FN5O4S2. The van der Waals surface area contributed by atoms with Gasteiger partial charge in [0, 0.05) is 36.7 Å². The summed E-state index contributed by atoms with van der Waals surface area (Å²) in [7, 11) is -3.10. The number of carbonyl (C=O) groups is 2. The molecule has 0 unspecified atom stereocenters. The van der Waals surface area contributed by atoms with E-state index in [0.29, 0.717) is 29.5 Å². The minimum absolute atomic E-state index is 0.0552. The number of carbonyl (C=O) groups excluding carboxylic acids is 2. The highest BCUT2D eigenvalue weighted by Crippen LogP contribution is 2.24. The van der Waals surface area contributed by atoms with E-state index in [9.17, 15) is 22.4 Å². The quantitative estimate of drug-likeness (QED) is 0.739. The lowest BCUT2D eigenvalue weighted by Crippen LogP contribution is -2.56. The highest BCUT2D eigenvalue weighted by Gasteiger charge is 2.36. The van der Waals surface area contributed by atoms with Crippen molar-refractivity contribution >= 4 is 38.4 Å². The molecule has 0 saturated carbocycles. The molecule has 0 radical (unpaired) electrons. The molecule has 2 fully saturated rings. The van der Waals surface area contributed by atoms with Gasteiger partial charge in [0.1, 0.15) is 11.9 Å². The van der Waals surface area contributed by atoms with Crippen LogP contribution >= 0.6 is 11.5 Å². The van der Waals surface area contributed by atoms with E-state index in [0.717, 1.165) is 24.4 Å². The smallest absolute Gasteiger partial charge is 0.320 e. The van der Waals surface area contributed by atoms with Crippen LogP contribution in [0.2, 0.25) is 0 Å². The van der Waals surface area contributed by atoms with Crippen LogP contribution in [0.4, 0.5) is 14.3 Å². The minimum atomic E-state index is -3.10. The number of amides is 3. The first-order valence-electron chi connectivity index (χ1n) is 9.99. The summed E-state index contributed by atoms with van der Waals surface area (Å²) in [5.74, 6) is -0.437. The first kappa shape index (κ1) is 21.6. The first-order valence-corrected chi connectivity index (χ1v) is 12.6. The summed E-state index contributed by atoms with van der Waals surface area (Å²) < 4.78 is 40.6. The molecule has 31 heavy (non-hydrogen) atoms. The summed E-state index contributed by atoms with van der Waals surface area (Å²) in [5, 5.41) is 3.04. The van der Waals surface area contributed by atoms with Gasteiger partial charge >= 0.3 is 6.03 Å².